The molecule has 1 amide bonds. The minimum absolute atomic E-state index is 0.159. The van der Waals surface area contributed by atoms with Gasteiger partial charge in [-0.15, -0.1) is 0 Å². The van der Waals surface area contributed by atoms with Gasteiger partial charge in [0.1, 0.15) is 6.10 Å². The predicted octanol–water partition coefficient (Wildman–Crippen LogP) is 2.01. The molecule has 1 saturated heterocycles. The van der Waals surface area contributed by atoms with E-state index in [1.54, 1.807) is 18.2 Å². The predicted molar refractivity (Wildman–Crippen MR) is 79.5 cm³/mol. The Balaban J connectivity index is 2.19. The lowest BCUT2D eigenvalue weighted by atomic mass is 10.0. The van der Waals surface area contributed by atoms with Gasteiger partial charge >= 0.3 is 0 Å². The largest absolute Gasteiger partial charge is 0.368 e. The van der Waals surface area contributed by atoms with E-state index in [1.807, 2.05) is 6.92 Å². The molecule has 1 aliphatic rings. The summed E-state index contributed by atoms with van der Waals surface area (Å²) in [6.07, 6.45) is 0.484. The first-order chi connectivity index (χ1) is 9.61. The molecule has 106 valence electrons. The van der Waals surface area contributed by atoms with Crippen LogP contribution in [0.3, 0.4) is 0 Å². The number of hydrogen-bond donors (Lipinski definition) is 2. The first-order valence-electron chi connectivity index (χ1n) is 6.52. The maximum atomic E-state index is 12.2. The molecule has 20 heavy (non-hydrogen) atoms. The zero-order valence-corrected chi connectivity index (χ0v) is 12.0. The lowest BCUT2D eigenvalue weighted by molar-refractivity contribution is -0.126. The first-order valence-corrected chi connectivity index (χ1v) is 6.90. The topological polar surface area (TPSA) is 64.3 Å². The summed E-state index contributed by atoms with van der Waals surface area (Å²) < 4.78 is 5.45. The van der Waals surface area contributed by atoms with Crippen LogP contribution in [0.25, 0.3) is 0 Å². The van der Waals surface area contributed by atoms with E-state index in [9.17, 15) is 4.79 Å². The fourth-order valence-electron chi connectivity index (χ4n) is 2.11. The summed E-state index contributed by atoms with van der Waals surface area (Å²) in [5.41, 5.74) is 6.65. The van der Waals surface area contributed by atoms with Crippen molar-refractivity contribution in [2.45, 2.75) is 19.4 Å². The maximum absolute atomic E-state index is 12.2. The molecule has 1 aromatic carbocycles. The maximum Gasteiger partial charge on any atom is 0.253 e. The van der Waals surface area contributed by atoms with Crippen LogP contribution in [0, 0.1) is 17.8 Å². The summed E-state index contributed by atoms with van der Waals surface area (Å²) in [7, 11) is 0. The summed E-state index contributed by atoms with van der Waals surface area (Å²) in [6.45, 7) is 2.89. The zero-order valence-electron chi connectivity index (χ0n) is 11.3. The molecular formula is C15H17ClN2O2. The van der Waals surface area contributed by atoms with Crippen LogP contribution >= 0.6 is 11.6 Å². The molecule has 5 heteroatoms. The standard InChI is InChI=1S/C15H17ClN2O2/c1-10-6-8-20-14(10)15(19)18-13-9-12(16)5-4-11(13)3-2-7-17/h4-5,9-10,14H,6-8,17H2,1H3,(H,18,19). The number of halogens is 1. The van der Waals surface area contributed by atoms with Gasteiger partial charge in [0, 0.05) is 17.2 Å². The summed E-state index contributed by atoms with van der Waals surface area (Å²) in [6, 6.07) is 5.17. The number of hydrogen-bond acceptors (Lipinski definition) is 3. The number of ether oxygens (including phenoxy) is 1. The Kier molecular flexibility index (Phi) is 5.02. The second-order valence-electron chi connectivity index (χ2n) is 4.74. The normalized spacial score (nSPS) is 21.1. The van der Waals surface area contributed by atoms with E-state index < -0.39 is 6.10 Å². The molecule has 2 rings (SSSR count). The molecule has 1 aromatic rings. The molecule has 0 radical (unpaired) electrons. The summed E-state index contributed by atoms with van der Waals surface area (Å²) >= 11 is 5.97. The number of amides is 1. The molecule has 0 aliphatic carbocycles. The van der Waals surface area contributed by atoms with E-state index >= 15 is 0 Å². The number of carbonyl (C=O) groups is 1. The second-order valence-corrected chi connectivity index (χ2v) is 5.18. The Hall–Kier alpha value is -1.54. The molecular weight excluding hydrogens is 276 g/mol. The van der Waals surface area contributed by atoms with Gasteiger partial charge in [-0.3, -0.25) is 4.79 Å². The fraction of sp³-hybridized carbons (Fsp3) is 0.400. The van der Waals surface area contributed by atoms with Crippen molar-refractivity contribution >= 4 is 23.2 Å². The van der Waals surface area contributed by atoms with Crippen LogP contribution in [0.1, 0.15) is 18.9 Å². The van der Waals surface area contributed by atoms with Crippen molar-refractivity contribution in [3.05, 3.63) is 28.8 Å². The van der Waals surface area contributed by atoms with Gasteiger partial charge in [-0.1, -0.05) is 30.4 Å². The van der Waals surface area contributed by atoms with Crippen molar-refractivity contribution in [1.82, 2.24) is 0 Å². The SMILES string of the molecule is CC1CCOC1C(=O)Nc1cc(Cl)ccc1C#CCN. The Labute approximate surface area is 123 Å². The van der Waals surface area contributed by atoms with Crippen LogP contribution in [-0.2, 0) is 9.53 Å². The fourth-order valence-corrected chi connectivity index (χ4v) is 2.28. The molecule has 0 spiro atoms. The third kappa shape index (κ3) is 3.51. The van der Waals surface area contributed by atoms with Gasteiger partial charge in [0.2, 0.25) is 0 Å². The summed E-state index contributed by atoms with van der Waals surface area (Å²) in [5, 5.41) is 3.38. The van der Waals surface area contributed by atoms with Gasteiger partial charge in [0.25, 0.3) is 5.91 Å². The van der Waals surface area contributed by atoms with E-state index in [0.717, 1.165) is 6.42 Å². The van der Waals surface area contributed by atoms with Crippen molar-refractivity contribution in [2.24, 2.45) is 11.7 Å². The Morgan fingerprint density at radius 1 is 1.60 bits per heavy atom. The molecule has 1 aliphatic heterocycles. The molecule has 1 fully saturated rings. The second kappa shape index (κ2) is 6.76. The summed E-state index contributed by atoms with van der Waals surface area (Å²) in [4.78, 5) is 12.2. The Bertz CT molecular complexity index is 563. The highest BCUT2D eigenvalue weighted by atomic mass is 35.5. The number of carbonyl (C=O) groups excluding carboxylic acids is 1. The van der Waals surface area contributed by atoms with Crippen LogP contribution in [-0.4, -0.2) is 25.2 Å². The number of nitrogens with two attached hydrogens (primary N) is 1. The summed E-state index contributed by atoms with van der Waals surface area (Å²) in [5.74, 6) is 5.74. The van der Waals surface area contributed by atoms with Crippen molar-refractivity contribution in [1.29, 1.82) is 0 Å². The van der Waals surface area contributed by atoms with E-state index in [2.05, 4.69) is 17.2 Å². The first kappa shape index (κ1) is 14.9. The van der Waals surface area contributed by atoms with Crippen molar-refractivity contribution in [3.8, 4) is 11.8 Å². The molecule has 3 N–H and O–H groups in total. The van der Waals surface area contributed by atoms with Crippen LogP contribution in [0.2, 0.25) is 5.02 Å². The highest BCUT2D eigenvalue weighted by Crippen LogP contribution is 2.24. The molecule has 0 aromatic heterocycles. The smallest absolute Gasteiger partial charge is 0.253 e. The monoisotopic (exact) mass is 292 g/mol. The third-order valence-corrected chi connectivity index (χ3v) is 3.45. The lowest BCUT2D eigenvalue weighted by Crippen LogP contribution is -2.31. The molecule has 4 nitrogen and oxygen atoms in total. The van der Waals surface area contributed by atoms with Crippen LogP contribution < -0.4 is 11.1 Å². The van der Waals surface area contributed by atoms with Gasteiger partial charge in [-0.25, -0.2) is 0 Å². The quantitative estimate of drug-likeness (QED) is 0.820. The average molecular weight is 293 g/mol. The van der Waals surface area contributed by atoms with Gasteiger partial charge in [-0.05, 0) is 30.5 Å². The molecule has 0 bridgehead atoms. The van der Waals surface area contributed by atoms with Gasteiger partial charge < -0.3 is 15.8 Å². The van der Waals surface area contributed by atoms with Crippen molar-refractivity contribution < 1.29 is 9.53 Å². The number of rotatable bonds is 2. The highest BCUT2D eigenvalue weighted by molar-refractivity contribution is 6.31. The van der Waals surface area contributed by atoms with E-state index in [1.165, 1.54) is 0 Å². The minimum Gasteiger partial charge on any atom is -0.368 e. The molecule has 2 atom stereocenters. The van der Waals surface area contributed by atoms with E-state index in [-0.39, 0.29) is 18.4 Å². The Morgan fingerprint density at radius 3 is 3.05 bits per heavy atom. The number of benzene rings is 1. The zero-order chi connectivity index (χ0) is 14.5. The van der Waals surface area contributed by atoms with Crippen molar-refractivity contribution in [2.75, 3.05) is 18.5 Å². The van der Waals surface area contributed by atoms with Crippen LogP contribution in [0.5, 0.6) is 0 Å². The highest BCUT2D eigenvalue weighted by Gasteiger charge is 2.31. The number of nitrogens with one attached hydrogen (secondary N) is 1. The molecule has 1 heterocycles. The van der Waals surface area contributed by atoms with Crippen LogP contribution in [0.15, 0.2) is 18.2 Å². The van der Waals surface area contributed by atoms with E-state index in [0.29, 0.717) is 22.9 Å². The average Bonchev–Trinajstić information content (AvgIpc) is 2.84. The minimum atomic E-state index is -0.413. The number of anilines is 1. The Morgan fingerprint density at radius 2 is 2.40 bits per heavy atom. The van der Waals surface area contributed by atoms with Gasteiger partial charge in [0.05, 0.1) is 12.2 Å². The third-order valence-electron chi connectivity index (χ3n) is 3.21. The van der Waals surface area contributed by atoms with Crippen molar-refractivity contribution in [3.63, 3.8) is 0 Å². The van der Waals surface area contributed by atoms with E-state index in [4.69, 9.17) is 22.1 Å². The molecule has 2 unspecified atom stereocenters. The van der Waals surface area contributed by atoms with Gasteiger partial charge in [0.15, 0.2) is 0 Å². The van der Waals surface area contributed by atoms with Crippen LogP contribution in [0.4, 0.5) is 5.69 Å². The molecule has 0 saturated carbocycles. The lowest BCUT2D eigenvalue weighted by Gasteiger charge is -2.15. The van der Waals surface area contributed by atoms with Gasteiger partial charge in [-0.2, -0.15) is 0 Å².